The number of ether oxygens (including phenoxy) is 2. The molecule has 0 aliphatic carbocycles. The summed E-state index contributed by atoms with van der Waals surface area (Å²) in [5.41, 5.74) is 0.892. The Labute approximate surface area is 144 Å². The molecule has 0 saturated carbocycles. The zero-order valence-corrected chi connectivity index (χ0v) is 13.9. The van der Waals surface area contributed by atoms with Gasteiger partial charge < -0.3 is 14.4 Å². The highest BCUT2D eigenvalue weighted by atomic mass is 19.1. The van der Waals surface area contributed by atoms with E-state index in [1.807, 2.05) is 6.07 Å². The van der Waals surface area contributed by atoms with Crippen molar-refractivity contribution in [2.24, 2.45) is 0 Å². The number of nitrogens with zero attached hydrogens (tertiary/aromatic N) is 2. The Balaban J connectivity index is 1.54. The summed E-state index contributed by atoms with van der Waals surface area (Å²) in [6.45, 7) is 1.43. The normalized spacial score (nSPS) is 28.8. The van der Waals surface area contributed by atoms with Gasteiger partial charge in [0.05, 0.1) is 31.5 Å². The van der Waals surface area contributed by atoms with Crippen LogP contribution in [0.25, 0.3) is 0 Å². The minimum Gasteiger partial charge on any atom is -0.377 e. The highest BCUT2D eigenvalue weighted by molar-refractivity contribution is 5.94. The average Bonchev–Trinajstić information content (AvgIpc) is 3.35. The maximum atomic E-state index is 13.5. The van der Waals surface area contributed by atoms with Gasteiger partial charge in [0.1, 0.15) is 17.5 Å². The summed E-state index contributed by atoms with van der Waals surface area (Å²) in [5, 5.41) is 6.49. The number of methoxy groups -OCH3 is 1. The first kappa shape index (κ1) is 16.2. The van der Waals surface area contributed by atoms with Crippen molar-refractivity contribution in [1.82, 2.24) is 15.1 Å². The molecule has 132 valence electrons. The van der Waals surface area contributed by atoms with E-state index in [1.165, 1.54) is 12.3 Å². The third-order valence-corrected chi connectivity index (χ3v) is 5.23. The van der Waals surface area contributed by atoms with Crippen molar-refractivity contribution in [3.8, 4) is 0 Å². The van der Waals surface area contributed by atoms with Gasteiger partial charge in [0.15, 0.2) is 0 Å². The molecule has 1 aromatic heterocycles. The lowest BCUT2D eigenvalue weighted by atomic mass is 9.87. The van der Waals surface area contributed by atoms with Crippen molar-refractivity contribution in [3.05, 3.63) is 53.6 Å². The molecule has 1 spiro atoms. The van der Waals surface area contributed by atoms with Crippen LogP contribution in [-0.2, 0) is 9.47 Å². The van der Waals surface area contributed by atoms with Crippen LogP contribution in [0.15, 0.2) is 36.7 Å². The van der Waals surface area contributed by atoms with E-state index in [2.05, 4.69) is 10.2 Å². The summed E-state index contributed by atoms with van der Waals surface area (Å²) in [6.07, 6.45) is 3.59. The number of halogens is 1. The van der Waals surface area contributed by atoms with Crippen molar-refractivity contribution < 1.29 is 18.7 Å². The lowest BCUT2D eigenvalue weighted by Crippen LogP contribution is -2.42. The van der Waals surface area contributed by atoms with E-state index in [0.29, 0.717) is 31.7 Å². The first-order valence-electron chi connectivity index (χ1n) is 8.31. The van der Waals surface area contributed by atoms with E-state index in [9.17, 15) is 9.18 Å². The fourth-order valence-corrected chi connectivity index (χ4v) is 3.96. The number of nitrogens with one attached hydrogen (secondary N) is 1. The maximum Gasteiger partial charge on any atom is 0.257 e. The zero-order chi connectivity index (χ0) is 17.4. The number of aromatic amines is 1. The number of hydrogen-bond donors (Lipinski definition) is 1. The molecule has 1 aromatic carbocycles. The fraction of sp³-hybridized carbons (Fsp3) is 0.444. The predicted octanol–water partition coefficient (Wildman–Crippen LogP) is 1.96. The highest BCUT2D eigenvalue weighted by Crippen LogP contribution is 2.43. The Kier molecular flexibility index (Phi) is 4.05. The maximum absolute atomic E-state index is 13.5. The van der Waals surface area contributed by atoms with Crippen LogP contribution in [0.1, 0.15) is 28.3 Å². The Morgan fingerprint density at radius 2 is 2.40 bits per heavy atom. The quantitative estimate of drug-likeness (QED) is 0.923. The molecule has 6 nitrogen and oxygen atoms in total. The number of amides is 1. The van der Waals surface area contributed by atoms with E-state index in [1.54, 1.807) is 30.3 Å². The molecule has 7 heteroatoms. The average molecular weight is 345 g/mol. The molecule has 0 unspecified atom stereocenters. The smallest absolute Gasteiger partial charge is 0.257 e. The van der Waals surface area contributed by atoms with Crippen molar-refractivity contribution in [3.63, 3.8) is 0 Å². The number of hydrogen-bond acceptors (Lipinski definition) is 4. The molecule has 0 bridgehead atoms. The third kappa shape index (κ3) is 2.83. The largest absolute Gasteiger partial charge is 0.377 e. The number of H-pyrrole nitrogens is 1. The molecule has 2 aromatic rings. The van der Waals surface area contributed by atoms with Crippen LogP contribution in [-0.4, -0.2) is 59.5 Å². The van der Waals surface area contributed by atoms with Gasteiger partial charge in [-0.05, 0) is 24.1 Å². The standard InChI is InChI=1S/C18H20FN3O3/c1-24-16-9-22(17(23)14-7-20-21-8-14)11-18(16)6-13(10-25-18)12-3-2-4-15(19)5-12/h2-5,7-8,13,16H,6,9-11H2,1H3,(H,20,21)/t13-,16-,18-/m1/s1. The second-order valence-electron chi connectivity index (χ2n) is 6.73. The van der Waals surface area contributed by atoms with Crippen LogP contribution in [0.5, 0.6) is 0 Å². The fourth-order valence-electron chi connectivity index (χ4n) is 3.96. The molecule has 1 amide bonds. The van der Waals surface area contributed by atoms with Gasteiger partial charge >= 0.3 is 0 Å². The van der Waals surface area contributed by atoms with Gasteiger partial charge in [-0.2, -0.15) is 5.10 Å². The van der Waals surface area contributed by atoms with E-state index in [-0.39, 0.29) is 23.7 Å². The molecule has 0 radical (unpaired) electrons. The summed E-state index contributed by atoms with van der Waals surface area (Å²) < 4.78 is 25.3. The molecule has 2 aliphatic heterocycles. The van der Waals surface area contributed by atoms with Crippen molar-refractivity contribution in [2.75, 3.05) is 26.8 Å². The number of carbonyl (C=O) groups excluding carboxylic acids is 1. The molecule has 3 atom stereocenters. The van der Waals surface area contributed by atoms with Crippen LogP contribution in [0, 0.1) is 5.82 Å². The van der Waals surface area contributed by atoms with Gasteiger partial charge in [0.2, 0.25) is 0 Å². The van der Waals surface area contributed by atoms with Crippen LogP contribution >= 0.6 is 0 Å². The Hall–Kier alpha value is -2.25. The first-order chi connectivity index (χ1) is 12.1. The summed E-state index contributed by atoms with van der Waals surface area (Å²) in [5.74, 6) is -0.243. The monoisotopic (exact) mass is 345 g/mol. The molecular formula is C18H20FN3O3. The van der Waals surface area contributed by atoms with Crippen molar-refractivity contribution in [1.29, 1.82) is 0 Å². The number of carbonyl (C=O) groups is 1. The minimum atomic E-state index is -0.550. The number of benzene rings is 1. The highest BCUT2D eigenvalue weighted by Gasteiger charge is 2.54. The number of aromatic nitrogens is 2. The summed E-state index contributed by atoms with van der Waals surface area (Å²) >= 11 is 0. The van der Waals surface area contributed by atoms with Gasteiger partial charge in [-0.3, -0.25) is 9.89 Å². The SMILES string of the molecule is CO[C@@H]1CN(C(=O)c2cn[nH]c2)C[C@]12C[C@@H](c1cccc(F)c1)CO2. The molecule has 25 heavy (non-hydrogen) atoms. The first-order valence-corrected chi connectivity index (χ1v) is 8.31. The lowest BCUT2D eigenvalue weighted by Gasteiger charge is -2.28. The third-order valence-electron chi connectivity index (χ3n) is 5.23. The summed E-state index contributed by atoms with van der Waals surface area (Å²) in [7, 11) is 1.64. The molecule has 4 rings (SSSR count). The van der Waals surface area contributed by atoms with Crippen LogP contribution in [0.2, 0.25) is 0 Å². The lowest BCUT2D eigenvalue weighted by molar-refractivity contribution is -0.0755. The zero-order valence-electron chi connectivity index (χ0n) is 13.9. The van der Waals surface area contributed by atoms with Crippen LogP contribution in [0.3, 0.4) is 0 Å². The number of rotatable bonds is 3. The Bertz CT molecular complexity index is 767. The Morgan fingerprint density at radius 3 is 3.12 bits per heavy atom. The second-order valence-corrected chi connectivity index (χ2v) is 6.73. The van der Waals surface area contributed by atoms with E-state index < -0.39 is 5.60 Å². The molecular weight excluding hydrogens is 325 g/mol. The van der Waals surface area contributed by atoms with E-state index in [0.717, 1.165) is 5.56 Å². The minimum absolute atomic E-state index is 0.0921. The van der Waals surface area contributed by atoms with E-state index >= 15 is 0 Å². The van der Waals surface area contributed by atoms with Gasteiger partial charge in [-0.1, -0.05) is 12.1 Å². The van der Waals surface area contributed by atoms with Gasteiger partial charge in [-0.25, -0.2) is 4.39 Å². The number of likely N-dealkylation sites (tertiary alicyclic amines) is 1. The molecule has 3 heterocycles. The van der Waals surface area contributed by atoms with Crippen molar-refractivity contribution in [2.45, 2.75) is 24.0 Å². The van der Waals surface area contributed by atoms with Gasteiger partial charge in [0.25, 0.3) is 5.91 Å². The molecule has 2 fully saturated rings. The van der Waals surface area contributed by atoms with Crippen molar-refractivity contribution >= 4 is 5.91 Å². The van der Waals surface area contributed by atoms with Gasteiger partial charge in [-0.15, -0.1) is 0 Å². The molecule has 1 N–H and O–H groups in total. The predicted molar refractivity (Wildman–Crippen MR) is 87.7 cm³/mol. The summed E-state index contributed by atoms with van der Waals surface area (Å²) in [4.78, 5) is 14.4. The Morgan fingerprint density at radius 1 is 1.52 bits per heavy atom. The van der Waals surface area contributed by atoms with Crippen LogP contribution < -0.4 is 0 Å². The molecule has 2 saturated heterocycles. The van der Waals surface area contributed by atoms with E-state index in [4.69, 9.17) is 9.47 Å². The van der Waals surface area contributed by atoms with Gasteiger partial charge in [0, 0.05) is 19.2 Å². The van der Waals surface area contributed by atoms with Crippen LogP contribution in [0.4, 0.5) is 4.39 Å². The molecule has 2 aliphatic rings. The second kappa shape index (κ2) is 6.24. The summed E-state index contributed by atoms with van der Waals surface area (Å²) in [6, 6.07) is 6.63. The topological polar surface area (TPSA) is 67.5 Å².